The zero-order valence-electron chi connectivity index (χ0n) is 14.9. The van der Waals surface area contributed by atoms with E-state index in [-0.39, 0.29) is 11.6 Å². The minimum atomic E-state index is -0.485. The third kappa shape index (κ3) is 2.50. The van der Waals surface area contributed by atoms with Gasteiger partial charge >= 0.3 is 0 Å². The first-order chi connectivity index (χ1) is 12.5. The van der Waals surface area contributed by atoms with E-state index in [0.29, 0.717) is 6.61 Å². The average Bonchev–Trinajstić information content (AvgIpc) is 3.24. The van der Waals surface area contributed by atoms with Gasteiger partial charge in [0.2, 0.25) is 5.72 Å². The SMILES string of the molecule is CC1(C)C[C@]2(CCO1)Oc1ccc(Br)cc1[C@@H]1CC(c3ccco3)=NN12. The average molecular weight is 417 g/mol. The fourth-order valence-electron chi connectivity index (χ4n) is 4.42. The van der Waals surface area contributed by atoms with Crippen LogP contribution in [0.4, 0.5) is 0 Å². The van der Waals surface area contributed by atoms with Gasteiger partial charge in [-0.05, 0) is 44.2 Å². The zero-order valence-corrected chi connectivity index (χ0v) is 16.5. The van der Waals surface area contributed by atoms with Crippen molar-refractivity contribution < 1.29 is 13.9 Å². The summed E-state index contributed by atoms with van der Waals surface area (Å²) in [5, 5.41) is 7.15. The van der Waals surface area contributed by atoms with Crippen molar-refractivity contribution in [2.45, 2.75) is 50.5 Å². The van der Waals surface area contributed by atoms with Gasteiger partial charge in [0.1, 0.15) is 17.2 Å². The molecule has 5 nitrogen and oxygen atoms in total. The van der Waals surface area contributed by atoms with Gasteiger partial charge in [-0.3, -0.25) is 0 Å². The fourth-order valence-corrected chi connectivity index (χ4v) is 4.80. The lowest BCUT2D eigenvalue weighted by molar-refractivity contribution is -0.212. The normalized spacial score (nSPS) is 29.1. The monoisotopic (exact) mass is 416 g/mol. The number of halogens is 1. The molecule has 136 valence electrons. The molecule has 4 heterocycles. The van der Waals surface area contributed by atoms with E-state index in [4.69, 9.17) is 19.0 Å². The van der Waals surface area contributed by atoms with Crippen LogP contribution in [0.25, 0.3) is 0 Å². The van der Waals surface area contributed by atoms with E-state index in [1.54, 1.807) is 6.26 Å². The topological polar surface area (TPSA) is 47.2 Å². The molecule has 5 rings (SSSR count). The largest absolute Gasteiger partial charge is 0.466 e. The van der Waals surface area contributed by atoms with Crippen LogP contribution in [-0.2, 0) is 4.74 Å². The number of ether oxygens (including phenoxy) is 2. The number of fused-ring (bicyclic) bond motifs is 4. The summed E-state index contributed by atoms with van der Waals surface area (Å²) in [4.78, 5) is 0. The lowest BCUT2D eigenvalue weighted by Crippen LogP contribution is -2.60. The van der Waals surface area contributed by atoms with Crippen molar-refractivity contribution >= 4 is 21.6 Å². The van der Waals surface area contributed by atoms with Crippen LogP contribution in [0.3, 0.4) is 0 Å². The van der Waals surface area contributed by atoms with Gasteiger partial charge in [0.25, 0.3) is 0 Å². The molecule has 1 aromatic heterocycles. The molecule has 1 saturated heterocycles. The lowest BCUT2D eigenvalue weighted by Gasteiger charge is -2.52. The van der Waals surface area contributed by atoms with Crippen LogP contribution in [-0.4, -0.2) is 28.7 Å². The summed E-state index contributed by atoms with van der Waals surface area (Å²) in [6, 6.07) is 10.3. The smallest absolute Gasteiger partial charge is 0.203 e. The van der Waals surface area contributed by atoms with Crippen molar-refractivity contribution in [3.05, 3.63) is 52.4 Å². The first-order valence-electron chi connectivity index (χ1n) is 8.99. The summed E-state index contributed by atoms with van der Waals surface area (Å²) in [5.41, 5.74) is 1.40. The van der Waals surface area contributed by atoms with Crippen molar-refractivity contribution in [2.75, 3.05) is 6.61 Å². The summed E-state index contributed by atoms with van der Waals surface area (Å²) >= 11 is 3.60. The molecule has 0 N–H and O–H groups in total. The molecule has 3 aliphatic rings. The number of nitrogens with zero attached hydrogens (tertiary/aromatic N) is 2. The maximum absolute atomic E-state index is 6.62. The van der Waals surface area contributed by atoms with E-state index in [2.05, 4.69) is 46.9 Å². The van der Waals surface area contributed by atoms with Gasteiger partial charge in [0.15, 0.2) is 0 Å². The second-order valence-corrected chi connectivity index (χ2v) is 8.77. The molecular weight excluding hydrogens is 396 g/mol. The van der Waals surface area contributed by atoms with E-state index in [1.807, 2.05) is 18.2 Å². The van der Waals surface area contributed by atoms with E-state index in [9.17, 15) is 0 Å². The number of benzene rings is 1. The highest BCUT2D eigenvalue weighted by atomic mass is 79.9. The van der Waals surface area contributed by atoms with Crippen molar-refractivity contribution in [3.8, 4) is 5.75 Å². The number of hydrogen-bond donors (Lipinski definition) is 0. The predicted molar refractivity (Wildman–Crippen MR) is 101 cm³/mol. The van der Waals surface area contributed by atoms with Gasteiger partial charge in [-0.15, -0.1) is 0 Å². The summed E-state index contributed by atoms with van der Waals surface area (Å²) in [6.07, 6.45) is 4.06. The molecule has 0 radical (unpaired) electrons. The van der Waals surface area contributed by atoms with E-state index in [0.717, 1.165) is 41.0 Å². The Morgan fingerprint density at radius 3 is 2.92 bits per heavy atom. The summed E-state index contributed by atoms with van der Waals surface area (Å²) in [7, 11) is 0. The van der Waals surface area contributed by atoms with Crippen molar-refractivity contribution in [1.29, 1.82) is 0 Å². The van der Waals surface area contributed by atoms with Crippen LogP contribution < -0.4 is 4.74 Å². The predicted octanol–water partition coefficient (Wildman–Crippen LogP) is 4.87. The highest BCUT2D eigenvalue weighted by Gasteiger charge is 2.54. The Morgan fingerprint density at radius 2 is 2.15 bits per heavy atom. The molecule has 2 aromatic rings. The Morgan fingerprint density at radius 1 is 1.27 bits per heavy atom. The lowest BCUT2D eigenvalue weighted by atomic mass is 9.86. The molecule has 6 heteroatoms. The summed E-state index contributed by atoms with van der Waals surface area (Å²) < 4.78 is 19.3. The van der Waals surface area contributed by atoms with E-state index < -0.39 is 5.72 Å². The standard InChI is InChI=1S/C20H21BrN2O3/c1-19(2)12-20(7-9-25-19)23-16(11-15(22-23)18-4-3-8-24-18)14-10-13(21)5-6-17(14)26-20/h3-6,8,10,16H,7,9,11-12H2,1-2H3/t16-,20-/m0/s1. The Labute approximate surface area is 161 Å². The second-order valence-electron chi connectivity index (χ2n) is 7.85. The Hall–Kier alpha value is -1.79. The van der Waals surface area contributed by atoms with Crippen molar-refractivity contribution in [1.82, 2.24) is 5.01 Å². The third-order valence-electron chi connectivity index (χ3n) is 5.45. The molecule has 0 amide bonds. The third-order valence-corrected chi connectivity index (χ3v) is 5.94. The van der Waals surface area contributed by atoms with Gasteiger partial charge in [0.05, 0.1) is 24.5 Å². The Kier molecular flexibility index (Phi) is 3.53. The van der Waals surface area contributed by atoms with Crippen molar-refractivity contribution in [3.63, 3.8) is 0 Å². The molecule has 0 saturated carbocycles. The number of furan rings is 1. The van der Waals surface area contributed by atoms with Crippen LogP contribution in [0, 0.1) is 0 Å². The van der Waals surface area contributed by atoms with Crippen LogP contribution in [0.15, 0.2) is 50.6 Å². The second kappa shape index (κ2) is 5.60. The number of rotatable bonds is 1. The van der Waals surface area contributed by atoms with Gasteiger partial charge in [-0.1, -0.05) is 15.9 Å². The van der Waals surface area contributed by atoms with Crippen LogP contribution in [0.1, 0.15) is 50.5 Å². The van der Waals surface area contributed by atoms with Gasteiger partial charge < -0.3 is 13.9 Å². The minimum absolute atomic E-state index is 0.144. The first kappa shape index (κ1) is 16.4. The Balaban J connectivity index is 1.63. The molecule has 3 aliphatic heterocycles. The maximum atomic E-state index is 6.62. The van der Waals surface area contributed by atoms with E-state index >= 15 is 0 Å². The molecule has 26 heavy (non-hydrogen) atoms. The molecule has 0 unspecified atom stereocenters. The summed E-state index contributed by atoms with van der Waals surface area (Å²) in [6.45, 7) is 4.90. The molecule has 2 atom stereocenters. The number of hydrazone groups is 1. The molecule has 1 spiro atoms. The highest BCUT2D eigenvalue weighted by molar-refractivity contribution is 9.10. The van der Waals surface area contributed by atoms with Crippen LogP contribution in [0.2, 0.25) is 0 Å². The van der Waals surface area contributed by atoms with E-state index in [1.165, 1.54) is 5.56 Å². The Bertz CT molecular complexity index is 877. The minimum Gasteiger partial charge on any atom is -0.466 e. The van der Waals surface area contributed by atoms with Crippen molar-refractivity contribution in [2.24, 2.45) is 5.10 Å². The van der Waals surface area contributed by atoms with Crippen LogP contribution in [0.5, 0.6) is 5.75 Å². The maximum Gasteiger partial charge on any atom is 0.203 e. The molecular formula is C20H21BrN2O3. The first-order valence-corrected chi connectivity index (χ1v) is 9.78. The van der Waals surface area contributed by atoms with Crippen LogP contribution >= 0.6 is 15.9 Å². The quantitative estimate of drug-likeness (QED) is 0.664. The zero-order chi connectivity index (χ0) is 17.9. The summed E-state index contributed by atoms with van der Waals surface area (Å²) in [5.74, 6) is 1.78. The molecule has 1 fully saturated rings. The molecule has 0 aliphatic carbocycles. The highest BCUT2D eigenvalue weighted by Crippen LogP contribution is 2.52. The molecule has 1 aromatic carbocycles. The molecule has 0 bridgehead atoms. The van der Waals surface area contributed by atoms with Gasteiger partial charge in [-0.25, -0.2) is 5.01 Å². The number of hydrogen-bond acceptors (Lipinski definition) is 5. The van der Waals surface area contributed by atoms with Gasteiger partial charge in [-0.2, -0.15) is 5.10 Å². The van der Waals surface area contributed by atoms with Gasteiger partial charge in [0, 0.05) is 29.3 Å². The fraction of sp³-hybridized carbons (Fsp3) is 0.450.